The lowest BCUT2D eigenvalue weighted by Crippen LogP contribution is -2.48. The molecule has 2 aliphatic heterocycles. The molecule has 26 heavy (non-hydrogen) atoms. The second-order valence-corrected chi connectivity index (χ2v) is 9.86. The predicted molar refractivity (Wildman–Crippen MR) is 103 cm³/mol. The molecule has 0 aliphatic carbocycles. The van der Waals surface area contributed by atoms with Crippen LogP contribution in [0.1, 0.15) is 58.4 Å². The molecule has 1 aromatic heterocycles. The Bertz CT molecular complexity index is 625. The van der Waals surface area contributed by atoms with Gasteiger partial charge in [-0.1, -0.05) is 13.8 Å². The van der Waals surface area contributed by atoms with Crippen molar-refractivity contribution in [1.82, 2.24) is 9.88 Å². The highest BCUT2D eigenvalue weighted by Crippen LogP contribution is 2.30. The first-order valence-corrected chi connectivity index (χ1v) is 10.2. The minimum absolute atomic E-state index is 0.0594. The Kier molecular flexibility index (Phi) is 5.65. The summed E-state index contributed by atoms with van der Waals surface area (Å²) in [5, 5.41) is 3.15. The molecule has 0 atom stereocenters. The summed E-state index contributed by atoms with van der Waals surface area (Å²) >= 11 is 1.66. The number of aromatic nitrogens is 1. The van der Waals surface area contributed by atoms with Gasteiger partial charge in [-0.05, 0) is 33.6 Å². The predicted octanol–water partition coefficient (Wildman–Crippen LogP) is 3.03. The molecular weight excluding hydrogens is 351 g/mol. The second-order valence-electron chi connectivity index (χ2n) is 8.97. The summed E-state index contributed by atoms with van der Waals surface area (Å²) in [4.78, 5) is 18.7. The monoisotopic (exact) mass is 380 g/mol. The van der Waals surface area contributed by atoms with E-state index in [-0.39, 0.29) is 18.6 Å². The van der Waals surface area contributed by atoms with Gasteiger partial charge in [-0.25, -0.2) is 9.78 Å². The number of rotatable bonds is 2. The molecule has 2 aliphatic rings. The average molecular weight is 380 g/mol. The molecule has 0 unspecified atom stereocenters. The van der Waals surface area contributed by atoms with Crippen LogP contribution in [-0.4, -0.2) is 55.0 Å². The highest BCUT2D eigenvalue weighted by atomic mass is 32.1. The molecule has 1 amide bonds. The van der Waals surface area contributed by atoms with Crippen molar-refractivity contribution in [2.24, 2.45) is 5.41 Å². The van der Waals surface area contributed by atoms with E-state index < -0.39 is 5.60 Å². The van der Waals surface area contributed by atoms with Crippen molar-refractivity contribution in [2.75, 3.05) is 26.3 Å². The van der Waals surface area contributed by atoms with E-state index >= 15 is 0 Å². The van der Waals surface area contributed by atoms with Crippen molar-refractivity contribution in [1.29, 1.82) is 0 Å². The van der Waals surface area contributed by atoms with E-state index in [0.717, 1.165) is 23.4 Å². The second kappa shape index (κ2) is 7.48. The fourth-order valence-electron chi connectivity index (χ4n) is 3.10. The van der Waals surface area contributed by atoms with Gasteiger partial charge in [-0.15, -0.1) is 11.3 Å². The highest BCUT2D eigenvalue weighted by molar-refractivity contribution is 7.10. The van der Waals surface area contributed by atoms with Crippen LogP contribution >= 0.6 is 11.3 Å². The SMILES string of the molecule is CC1(C)COB(c2csc(C3CCN(C(=O)OC(C)(C)C)CC3)n2)OC1. The zero-order valence-electron chi connectivity index (χ0n) is 16.4. The van der Waals surface area contributed by atoms with Crippen molar-refractivity contribution in [3.63, 3.8) is 0 Å². The average Bonchev–Trinajstić information content (AvgIpc) is 3.03. The number of amides is 1. The van der Waals surface area contributed by atoms with E-state index in [1.807, 2.05) is 26.2 Å². The van der Waals surface area contributed by atoms with Gasteiger partial charge in [-0.2, -0.15) is 0 Å². The summed E-state index contributed by atoms with van der Waals surface area (Å²) in [7, 11) is -0.352. The van der Waals surface area contributed by atoms with Gasteiger partial charge in [0.1, 0.15) is 5.60 Å². The fraction of sp³-hybridized carbons (Fsp3) is 0.778. The molecule has 1 aromatic rings. The smallest absolute Gasteiger partial charge is 0.444 e. The number of carbonyl (C=O) groups excluding carboxylic acids is 1. The van der Waals surface area contributed by atoms with E-state index in [4.69, 9.17) is 19.0 Å². The summed E-state index contributed by atoms with van der Waals surface area (Å²) < 4.78 is 17.1. The maximum Gasteiger partial charge on any atom is 0.514 e. The molecule has 6 nitrogen and oxygen atoms in total. The molecule has 0 spiro atoms. The molecule has 144 valence electrons. The fourth-order valence-corrected chi connectivity index (χ4v) is 4.09. The van der Waals surface area contributed by atoms with Gasteiger partial charge in [0.2, 0.25) is 0 Å². The zero-order chi connectivity index (χ0) is 18.9. The number of nitrogens with zero attached hydrogens (tertiary/aromatic N) is 2. The molecule has 0 N–H and O–H groups in total. The van der Waals surface area contributed by atoms with Gasteiger partial charge in [0.05, 0.1) is 10.6 Å². The minimum Gasteiger partial charge on any atom is -0.444 e. The Balaban J connectivity index is 1.53. The van der Waals surface area contributed by atoms with Crippen LogP contribution in [0.15, 0.2) is 5.38 Å². The first-order valence-electron chi connectivity index (χ1n) is 9.29. The third-order valence-corrected chi connectivity index (χ3v) is 5.55. The topological polar surface area (TPSA) is 60.9 Å². The van der Waals surface area contributed by atoms with E-state index in [0.29, 0.717) is 32.2 Å². The molecule has 8 heteroatoms. The van der Waals surface area contributed by atoms with Crippen molar-refractivity contribution in [3.05, 3.63) is 10.4 Å². The van der Waals surface area contributed by atoms with E-state index in [1.54, 1.807) is 16.2 Å². The molecule has 0 radical (unpaired) electrons. The van der Waals surface area contributed by atoms with Crippen LogP contribution in [0.25, 0.3) is 0 Å². The number of thiazole rings is 1. The summed E-state index contributed by atoms with van der Waals surface area (Å²) in [5.74, 6) is 0.382. The molecule has 2 fully saturated rings. The molecule has 0 bridgehead atoms. The quantitative estimate of drug-likeness (QED) is 0.739. The maximum atomic E-state index is 12.2. The Morgan fingerprint density at radius 2 is 1.92 bits per heavy atom. The van der Waals surface area contributed by atoms with Crippen LogP contribution in [0.5, 0.6) is 0 Å². The molecule has 3 heterocycles. The van der Waals surface area contributed by atoms with Gasteiger partial charge in [0.15, 0.2) is 0 Å². The van der Waals surface area contributed by atoms with E-state index in [1.165, 1.54) is 0 Å². The van der Waals surface area contributed by atoms with Crippen LogP contribution in [0.2, 0.25) is 0 Å². The number of ether oxygens (including phenoxy) is 1. The number of carbonyl (C=O) groups is 1. The van der Waals surface area contributed by atoms with Gasteiger partial charge in [0.25, 0.3) is 0 Å². The molecule has 3 rings (SSSR count). The third-order valence-electron chi connectivity index (χ3n) is 4.53. The van der Waals surface area contributed by atoms with Gasteiger partial charge >= 0.3 is 13.2 Å². The van der Waals surface area contributed by atoms with E-state index in [2.05, 4.69) is 13.8 Å². The number of hydrogen-bond acceptors (Lipinski definition) is 6. The van der Waals surface area contributed by atoms with Crippen molar-refractivity contribution < 1.29 is 18.8 Å². The van der Waals surface area contributed by atoms with Crippen LogP contribution in [0.4, 0.5) is 4.79 Å². The summed E-state index contributed by atoms with van der Waals surface area (Å²) in [5.41, 5.74) is 0.478. The Labute approximate surface area is 160 Å². The Hall–Kier alpha value is -1.12. The van der Waals surface area contributed by atoms with Crippen molar-refractivity contribution >= 4 is 30.1 Å². The lowest BCUT2D eigenvalue weighted by Gasteiger charge is -2.33. The van der Waals surface area contributed by atoms with Crippen LogP contribution in [0, 0.1) is 5.41 Å². The van der Waals surface area contributed by atoms with Gasteiger partial charge in [0, 0.05) is 43.0 Å². The summed E-state index contributed by atoms with van der Waals surface area (Å²) in [6, 6.07) is 0. The number of likely N-dealkylation sites (tertiary alicyclic amines) is 1. The molecular formula is C18H29BN2O4S. The Morgan fingerprint density at radius 3 is 2.50 bits per heavy atom. The van der Waals surface area contributed by atoms with Crippen LogP contribution in [-0.2, 0) is 14.0 Å². The largest absolute Gasteiger partial charge is 0.514 e. The molecule has 0 saturated carbocycles. The minimum atomic E-state index is -0.452. The number of piperidine rings is 1. The van der Waals surface area contributed by atoms with Crippen molar-refractivity contribution in [2.45, 2.75) is 59.0 Å². The number of hydrogen-bond donors (Lipinski definition) is 0. The van der Waals surface area contributed by atoms with E-state index in [9.17, 15) is 4.79 Å². The normalized spacial score (nSPS) is 21.7. The van der Waals surface area contributed by atoms with Crippen LogP contribution in [0.3, 0.4) is 0 Å². The first kappa shape index (κ1) is 19.6. The lowest BCUT2D eigenvalue weighted by molar-refractivity contribution is 0.0205. The third kappa shape index (κ3) is 4.99. The summed E-state index contributed by atoms with van der Waals surface area (Å²) in [6.07, 6.45) is 1.60. The van der Waals surface area contributed by atoms with Gasteiger partial charge in [-0.3, -0.25) is 0 Å². The maximum absolute atomic E-state index is 12.2. The van der Waals surface area contributed by atoms with Crippen molar-refractivity contribution in [3.8, 4) is 0 Å². The molecule has 2 saturated heterocycles. The molecule has 0 aromatic carbocycles. The summed E-state index contributed by atoms with van der Waals surface area (Å²) in [6.45, 7) is 12.7. The van der Waals surface area contributed by atoms with Gasteiger partial charge < -0.3 is 18.9 Å². The van der Waals surface area contributed by atoms with Crippen LogP contribution < -0.4 is 5.59 Å². The zero-order valence-corrected chi connectivity index (χ0v) is 17.2. The lowest BCUT2D eigenvalue weighted by atomic mass is 9.81. The standard InChI is InChI=1S/C18H29BN2O4S/c1-17(2,3)25-16(22)21-8-6-13(7-9-21)15-20-14(10-26-15)19-23-11-18(4,5)12-24-19/h10,13H,6-9,11-12H2,1-5H3. The first-order chi connectivity index (χ1) is 12.1. The Morgan fingerprint density at radius 1 is 1.31 bits per heavy atom. The highest BCUT2D eigenvalue weighted by Gasteiger charge is 2.36.